The Hall–Kier alpha value is -0.0300. The van der Waals surface area contributed by atoms with Gasteiger partial charge in [-0.05, 0) is 13.3 Å². The lowest BCUT2D eigenvalue weighted by Gasteiger charge is -2.05. The zero-order valence-electron chi connectivity index (χ0n) is 7.83. The summed E-state index contributed by atoms with van der Waals surface area (Å²) < 4.78 is 3.69. The highest BCUT2D eigenvalue weighted by atomic mass is 35.5. The van der Waals surface area contributed by atoms with E-state index in [-0.39, 0.29) is 24.3 Å². The smallest absolute Gasteiger partial charge is 0.262 e. The lowest BCUT2D eigenvalue weighted by molar-refractivity contribution is 0.362. The molecule has 0 aliphatic carbocycles. The molecule has 0 fully saturated rings. The molecule has 0 radical (unpaired) electrons. The Bertz CT molecular complexity index is 284. The normalized spacial score (nSPS) is 13.5. The molecular weight excluding hydrogens is 248 g/mol. The van der Waals surface area contributed by atoms with E-state index in [4.69, 9.17) is 33.5 Å². The highest BCUT2D eigenvalue weighted by Crippen LogP contribution is 2.31. The van der Waals surface area contributed by atoms with Gasteiger partial charge in [-0.1, -0.05) is 35.3 Å². The van der Waals surface area contributed by atoms with Crippen LogP contribution in [0.1, 0.15) is 38.0 Å². The van der Waals surface area contributed by atoms with E-state index in [1.807, 2.05) is 6.92 Å². The van der Waals surface area contributed by atoms with Crippen molar-refractivity contribution in [2.24, 2.45) is 5.73 Å². The standard InChI is InChI=1S/C7H11Cl2N3O.ClH/c1-3-4(10)5-11-6(13-12-5)7(2,8)9;/h4H,3,10H2,1-2H3;1H. The number of alkyl halides is 2. The average Bonchev–Trinajstić information content (AvgIpc) is 2.50. The van der Waals surface area contributed by atoms with Gasteiger partial charge in [-0.15, -0.1) is 12.4 Å². The van der Waals surface area contributed by atoms with E-state index in [9.17, 15) is 0 Å². The van der Waals surface area contributed by atoms with Gasteiger partial charge in [0.2, 0.25) is 0 Å². The molecular formula is C7H12Cl3N3O. The molecule has 0 spiro atoms. The molecule has 1 heterocycles. The van der Waals surface area contributed by atoms with Crippen LogP contribution in [-0.2, 0) is 4.33 Å². The maximum Gasteiger partial charge on any atom is 0.262 e. The molecule has 4 nitrogen and oxygen atoms in total. The van der Waals surface area contributed by atoms with Gasteiger partial charge in [-0.25, -0.2) is 0 Å². The van der Waals surface area contributed by atoms with Crippen molar-refractivity contribution in [1.82, 2.24) is 10.1 Å². The van der Waals surface area contributed by atoms with E-state index in [0.717, 1.165) is 6.42 Å². The van der Waals surface area contributed by atoms with Crippen molar-refractivity contribution in [1.29, 1.82) is 0 Å². The highest BCUT2D eigenvalue weighted by molar-refractivity contribution is 6.47. The fraction of sp³-hybridized carbons (Fsp3) is 0.714. The van der Waals surface area contributed by atoms with Gasteiger partial charge in [0.05, 0.1) is 6.04 Å². The molecule has 14 heavy (non-hydrogen) atoms. The van der Waals surface area contributed by atoms with Crippen molar-refractivity contribution in [3.05, 3.63) is 11.7 Å². The molecule has 0 saturated heterocycles. The summed E-state index contributed by atoms with van der Waals surface area (Å²) in [5.74, 6) is 0.611. The van der Waals surface area contributed by atoms with Crippen LogP contribution < -0.4 is 5.73 Å². The SMILES string of the molecule is CCC(N)c1noc(C(C)(Cl)Cl)n1.Cl. The van der Waals surface area contributed by atoms with E-state index in [2.05, 4.69) is 10.1 Å². The fourth-order valence-corrected chi connectivity index (χ4v) is 0.900. The maximum absolute atomic E-state index is 5.75. The van der Waals surface area contributed by atoms with Crippen molar-refractivity contribution in [2.45, 2.75) is 30.6 Å². The van der Waals surface area contributed by atoms with Crippen molar-refractivity contribution in [3.8, 4) is 0 Å². The first-order valence-electron chi connectivity index (χ1n) is 3.92. The quantitative estimate of drug-likeness (QED) is 0.848. The lowest BCUT2D eigenvalue weighted by Crippen LogP contribution is -2.11. The van der Waals surface area contributed by atoms with Crippen LogP contribution in [0.2, 0.25) is 0 Å². The van der Waals surface area contributed by atoms with Crippen LogP contribution in [0.5, 0.6) is 0 Å². The van der Waals surface area contributed by atoms with Gasteiger partial charge >= 0.3 is 0 Å². The third-order valence-corrected chi connectivity index (χ3v) is 1.91. The zero-order valence-corrected chi connectivity index (χ0v) is 10.2. The maximum atomic E-state index is 5.75. The monoisotopic (exact) mass is 259 g/mol. The summed E-state index contributed by atoms with van der Waals surface area (Å²) in [5.41, 5.74) is 5.68. The zero-order chi connectivity index (χ0) is 10.1. The summed E-state index contributed by atoms with van der Waals surface area (Å²) in [6, 6.07) is -0.229. The lowest BCUT2D eigenvalue weighted by atomic mass is 10.2. The fourth-order valence-electron chi connectivity index (χ4n) is 0.746. The number of hydrogen-bond donors (Lipinski definition) is 1. The van der Waals surface area contributed by atoms with Gasteiger partial charge in [-0.2, -0.15) is 4.98 Å². The first-order chi connectivity index (χ1) is 5.95. The molecule has 2 N–H and O–H groups in total. The summed E-state index contributed by atoms with van der Waals surface area (Å²) in [6.45, 7) is 3.49. The minimum atomic E-state index is -1.15. The van der Waals surface area contributed by atoms with Gasteiger partial charge in [0.25, 0.3) is 5.89 Å². The molecule has 82 valence electrons. The van der Waals surface area contributed by atoms with Crippen molar-refractivity contribution in [2.75, 3.05) is 0 Å². The Morgan fingerprint density at radius 1 is 1.57 bits per heavy atom. The van der Waals surface area contributed by atoms with Crippen LogP contribution in [0.25, 0.3) is 0 Å². The number of hydrogen-bond acceptors (Lipinski definition) is 4. The molecule has 7 heteroatoms. The largest absolute Gasteiger partial charge is 0.336 e. The summed E-state index contributed by atoms with van der Waals surface area (Å²) >= 11 is 11.5. The predicted octanol–water partition coefficient (Wildman–Crippen LogP) is 2.55. The van der Waals surface area contributed by atoms with Crippen LogP contribution in [-0.4, -0.2) is 10.1 Å². The molecule has 1 aromatic heterocycles. The topological polar surface area (TPSA) is 64.9 Å². The minimum absolute atomic E-state index is 0. The Balaban J connectivity index is 0.00000169. The Morgan fingerprint density at radius 2 is 2.14 bits per heavy atom. The number of halogens is 3. The van der Waals surface area contributed by atoms with Crippen LogP contribution >= 0.6 is 35.6 Å². The molecule has 0 bridgehead atoms. The van der Waals surface area contributed by atoms with E-state index >= 15 is 0 Å². The second kappa shape index (κ2) is 5.16. The Kier molecular flexibility index (Phi) is 5.15. The van der Waals surface area contributed by atoms with Gasteiger partial charge in [0.1, 0.15) is 0 Å². The van der Waals surface area contributed by atoms with Crippen molar-refractivity contribution < 1.29 is 4.52 Å². The molecule has 0 aliphatic rings. The number of nitrogens with zero attached hydrogens (tertiary/aromatic N) is 2. The first kappa shape index (κ1) is 14.0. The molecule has 0 saturated carbocycles. The Labute approximate surface area is 98.5 Å². The minimum Gasteiger partial charge on any atom is -0.336 e. The number of rotatable bonds is 3. The van der Waals surface area contributed by atoms with E-state index in [0.29, 0.717) is 5.82 Å². The molecule has 0 amide bonds. The van der Waals surface area contributed by atoms with Crippen LogP contribution in [0, 0.1) is 0 Å². The second-order valence-electron chi connectivity index (χ2n) is 2.86. The summed E-state index contributed by atoms with van der Waals surface area (Å²) in [7, 11) is 0. The number of aromatic nitrogens is 2. The number of nitrogens with two attached hydrogens (primary N) is 1. The van der Waals surface area contributed by atoms with E-state index < -0.39 is 4.33 Å². The van der Waals surface area contributed by atoms with Gasteiger partial charge in [-0.3, -0.25) is 0 Å². The van der Waals surface area contributed by atoms with Crippen molar-refractivity contribution >= 4 is 35.6 Å². The molecule has 0 aromatic carbocycles. The van der Waals surface area contributed by atoms with Gasteiger partial charge < -0.3 is 10.3 Å². The molecule has 1 unspecified atom stereocenters. The van der Waals surface area contributed by atoms with E-state index in [1.165, 1.54) is 0 Å². The van der Waals surface area contributed by atoms with Crippen LogP contribution in [0.4, 0.5) is 0 Å². The third-order valence-electron chi connectivity index (χ3n) is 1.59. The third kappa shape index (κ3) is 3.28. The van der Waals surface area contributed by atoms with Gasteiger partial charge in [0, 0.05) is 0 Å². The second-order valence-corrected chi connectivity index (χ2v) is 4.57. The molecule has 1 aromatic rings. The summed E-state index contributed by atoms with van der Waals surface area (Å²) in [4.78, 5) is 3.99. The molecule has 1 atom stereocenters. The van der Waals surface area contributed by atoms with E-state index in [1.54, 1.807) is 6.92 Å². The molecule has 0 aliphatic heterocycles. The summed E-state index contributed by atoms with van der Waals surface area (Å²) in [5, 5.41) is 3.67. The van der Waals surface area contributed by atoms with Crippen LogP contribution in [0.15, 0.2) is 4.52 Å². The average molecular weight is 261 g/mol. The van der Waals surface area contributed by atoms with Crippen LogP contribution in [0.3, 0.4) is 0 Å². The first-order valence-corrected chi connectivity index (χ1v) is 4.68. The van der Waals surface area contributed by atoms with Crippen molar-refractivity contribution in [3.63, 3.8) is 0 Å². The van der Waals surface area contributed by atoms with Gasteiger partial charge in [0.15, 0.2) is 10.2 Å². The Morgan fingerprint density at radius 3 is 2.50 bits per heavy atom. The highest BCUT2D eigenvalue weighted by Gasteiger charge is 2.28. The molecule has 1 rings (SSSR count). The summed E-state index contributed by atoms with van der Waals surface area (Å²) in [6.07, 6.45) is 0.736. The predicted molar refractivity (Wildman–Crippen MR) is 57.8 cm³/mol.